The molecule has 2 atom stereocenters. The monoisotopic (exact) mass is 361 g/mol. The summed E-state index contributed by atoms with van der Waals surface area (Å²) < 4.78 is 1.31. The SMILES string of the molecule is CC(NCC1CCCCS1)c1ccc(I)cc1. The van der Waals surface area contributed by atoms with Crippen molar-refractivity contribution in [2.75, 3.05) is 12.3 Å². The van der Waals surface area contributed by atoms with Crippen LogP contribution in [-0.2, 0) is 0 Å². The zero-order chi connectivity index (χ0) is 12.1. The normalized spacial score (nSPS) is 22.4. The van der Waals surface area contributed by atoms with Gasteiger partial charge in [-0.1, -0.05) is 18.6 Å². The molecule has 0 aromatic heterocycles. The average Bonchev–Trinajstić information content (AvgIpc) is 2.38. The second-order valence-electron chi connectivity index (χ2n) is 4.67. The Morgan fingerprint density at radius 2 is 2.12 bits per heavy atom. The predicted molar refractivity (Wildman–Crippen MR) is 85.7 cm³/mol. The summed E-state index contributed by atoms with van der Waals surface area (Å²) in [5.74, 6) is 1.35. The van der Waals surface area contributed by atoms with Gasteiger partial charge in [0.15, 0.2) is 0 Å². The molecular formula is C14H20INS. The van der Waals surface area contributed by atoms with Gasteiger partial charge in [0.1, 0.15) is 0 Å². The standard InChI is InChI=1S/C14H20INS/c1-11(12-5-7-13(15)8-6-12)16-10-14-4-2-3-9-17-14/h5-8,11,14,16H,2-4,9-10H2,1H3. The molecule has 1 fully saturated rings. The summed E-state index contributed by atoms with van der Waals surface area (Å²) in [5.41, 5.74) is 1.39. The molecule has 1 saturated heterocycles. The van der Waals surface area contributed by atoms with Crippen LogP contribution in [-0.4, -0.2) is 17.5 Å². The van der Waals surface area contributed by atoms with E-state index >= 15 is 0 Å². The fourth-order valence-electron chi connectivity index (χ4n) is 2.15. The number of benzene rings is 1. The van der Waals surface area contributed by atoms with Gasteiger partial charge in [-0.3, -0.25) is 0 Å². The summed E-state index contributed by atoms with van der Waals surface area (Å²) in [6, 6.07) is 9.29. The molecule has 0 bridgehead atoms. The average molecular weight is 361 g/mol. The van der Waals surface area contributed by atoms with Gasteiger partial charge in [0.05, 0.1) is 0 Å². The first kappa shape index (κ1) is 13.7. The number of rotatable bonds is 4. The van der Waals surface area contributed by atoms with E-state index in [9.17, 15) is 0 Å². The van der Waals surface area contributed by atoms with Crippen LogP contribution in [0.4, 0.5) is 0 Å². The Bertz CT molecular complexity index is 333. The van der Waals surface area contributed by atoms with Crippen LogP contribution in [0.1, 0.15) is 37.8 Å². The molecule has 0 saturated carbocycles. The van der Waals surface area contributed by atoms with E-state index < -0.39 is 0 Å². The van der Waals surface area contributed by atoms with Crippen LogP contribution >= 0.6 is 34.4 Å². The van der Waals surface area contributed by atoms with Crippen molar-refractivity contribution in [1.29, 1.82) is 0 Å². The maximum atomic E-state index is 3.66. The van der Waals surface area contributed by atoms with Crippen LogP contribution in [0.15, 0.2) is 24.3 Å². The summed E-state index contributed by atoms with van der Waals surface area (Å²) in [5, 5.41) is 4.49. The van der Waals surface area contributed by atoms with Crippen molar-refractivity contribution in [3.63, 3.8) is 0 Å². The molecule has 1 aliphatic heterocycles. The maximum absolute atomic E-state index is 3.66. The molecular weight excluding hydrogens is 341 g/mol. The molecule has 1 N–H and O–H groups in total. The Morgan fingerprint density at radius 3 is 2.76 bits per heavy atom. The second-order valence-corrected chi connectivity index (χ2v) is 7.32. The number of hydrogen-bond acceptors (Lipinski definition) is 2. The van der Waals surface area contributed by atoms with Gasteiger partial charge in [-0.2, -0.15) is 11.8 Å². The molecule has 0 aliphatic carbocycles. The zero-order valence-electron chi connectivity index (χ0n) is 10.3. The molecule has 1 aromatic rings. The lowest BCUT2D eigenvalue weighted by atomic mass is 10.1. The molecule has 1 heterocycles. The van der Waals surface area contributed by atoms with Crippen LogP contribution < -0.4 is 5.32 Å². The lowest BCUT2D eigenvalue weighted by molar-refractivity contribution is 0.538. The summed E-state index contributed by atoms with van der Waals surface area (Å²) in [4.78, 5) is 0. The maximum Gasteiger partial charge on any atom is 0.0292 e. The highest BCUT2D eigenvalue weighted by Crippen LogP contribution is 2.25. The second kappa shape index (κ2) is 7.00. The van der Waals surface area contributed by atoms with E-state index in [-0.39, 0.29) is 0 Å². The Balaban J connectivity index is 1.80. The summed E-state index contributed by atoms with van der Waals surface area (Å²) in [6.07, 6.45) is 4.21. The first-order chi connectivity index (χ1) is 8.25. The van der Waals surface area contributed by atoms with E-state index in [1.54, 1.807) is 0 Å². The van der Waals surface area contributed by atoms with Gasteiger partial charge in [-0.25, -0.2) is 0 Å². The number of halogens is 1. The smallest absolute Gasteiger partial charge is 0.0292 e. The van der Waals surface area contributed by atoms with E-state index in [4.69, 9.17) is 0 Å². The quantitative estimate of drug-likeness (QED) is 0.806. The van der Waals surface area contributed by atoms with Crippen molar-refractivity contribution in [1.82, 2.24) is 5.32 Å². The van der Waals surface area contributed by atoms with Gasteiger partial charge in [0.25, 0.3) is 0 Å². The summed E-state index contributed by atoms with van der Waals surface area (Å²) in [6.45, 7) is 3.41. The molecule has 2 rings (SSSR count). The third kappa shape index (κ3) is 4.45. The van der Waals surface area contributed by atoms with Gasteiger partial charge in [-0.05, 0) is 65.8 Å². The molecule has 1 aliphatic rings. The third-order valence-electron chi connectivity index (χ3n) is 3.30. The van der Waals surface area contributed by atoms with Crippen LogP contribution in [0.2, 0.25) is 0 Å². The van der Waals surface area contributed by atoms with E-state index in [2.05, 4.69) is 70.9 Å². The van der Waals surface area contributed by atoms with Crippen LogP contribution in [0, 0.1) is 3.57 Å². The van der Waals surface area contributed by atoms with Crippen molar-refractivity contribution >= 4 is 34.4 Å². The highest BCUT2D eigenvalue weighted by Gasteiger charge is 2.14. The van der Waals surface area contributed by atoms with Crippen molar-refractivity contribution in [2.24, 2.45) is 0 Å². The largest absolute Gasteiger partial charge is 0.309 e. The topological polar surface area (TPSA) is 12.0 Å². The van der Waals surface area contributed by atoms with Crippen LogP contribution in [0.25, 0.3) is 0 Å². The first-order valence-electron chi connectivity index (χ1n) is 6.36. The summed E-state index contributed by atoms with van der Waals surface area (Å²) >= 11 is 4.49. The van der Waals surface area contributed by atoms with Crippen molar-refractivity contribution in [2.45, 2.75) is 37.5 Å². The Morgan fingerprint density at radius 1 is 1.35 bits per heavy atom. The number of hydrogen-bond donors (Lipinski definition) is 1. The van der Waals surface area contributed by atoms with Crippen LogP contribution in [0.5, 0.6) is 0 Å². The molecule has 0 amide bonds. The predicted octanol–water partition coefficient (Wildman–Crippen LogP) is 4.23. The molecule has 2 unspecified atom stereocenters. The Kier molecular flexibility index (Phi) is 5.63. The Hall–Kier alpha value is 0.260. The molecule has 0 radical (unpaired) electrons. The minimum atomic E-state index is 0.467. The molecule has 0 spiro atoms. The van der Waals surface area contributed by atoms with Gasteiger partial charge < -0.3 is 5.32 Å². The molecule has 1 aromatic carbocycles. The third-order valence-corrected chi connectivity index (χ3v) is 5.41. The van der Waals surface area contributed by atoms with E-state index in [1.165, 1.54) is 34.1 Å². The lowest BCUT2D eigenvalue weighted by Crippen LogP contribution is -2.28. The van der Waals surface area contributed by atoms with E-state index in [1.807, 2.05) is 0 Å². The number of nitrogens with one attached hydrogen (secondary N) is 1. The minimum Gasteiger partial charge on any atom is -0.309 e. The van der Waals surface area contributed by atoms with Crippen molar-refractivity contribution in [3.05, 3.63) is 33.4 Å². The fraction of sp³-hybridized carbons (Fsp3) is 0.571. The minimum absolute atomic E-state index is 0.467. The van der Waals surface area contributed by atoms with E-state index in [0.29, 0.717) is 6.04 Å². The zero-order valence-corrected chi connectivity index (χ0v) is 13.3. The molecule has 3 heteroatoms. The molecule has 94 valence electrons. The van der Waals surface area contributed by atoms with Crippen molar-refractivity contribution in [3.8, 4) is 0 Å². The first-order valence-corrected chi connectivity index (χ1v) is 8.49. The van der Waals surface area contributed by atoms with Crippen LogP contribution in [0.3, 0.4) is 0 Å². The number of thioether (sulfide) groups is 1. The van der Waals surface area contributed by atoms with Gasteiger partial charge in [0.2, 0.25) is 0 Å². The fourth-order valence-corrected chi connectivity index (χ4v) is 3.76. The van der Waals surface area contributed by atoms with Gasteiger partial charge in [0, 0.05) is 21.4 Å². The van der Waals surface area contributed by atoms with E-state index in [0.717, 1.165) is 11.8 Å². The lowest BCUT2D eigenvalue weighted by Gasteiger charge is -2.24. The highest BCUT2D eigenvalue weighted by molar-refractivity contribution is 14.1. The van der Waals surface area contributed by atoms with Crippen molar-refractivity contribution < 1.29 is 0 Å². The molecule has 1 nitrogen and oxygen atoms in total. The molecule has 17 heavy (non-hydrogen) atoms. The van der Waals surface area contributed by atoms with Gasteiger partial charge >= 0.3 is 0 Å². The summed E-state index contributed by atoms with van der Waals surface area (Å²) in [7, 11) is 0. The highest BCUT2D eigenvalue weighted by atomic mass is 127. The Labute approximate surface area is 122 Å². The van der Waals surface area contributed by atoms with Gasteiger partial charge in [-0.15, -0.1) is 0 Å².